The number of carbonyl (C=O) groups excluding carboxylic acids is 2. The van der Waals surface area contributed by atoms with Gasteiger partial charge in [-0.2, -0.15) is 0 Å². The van der Waals surface area contributed by atoms with Crippen molar-refractivity contribution in [2.45, 2.75) is 13.3 Å². The van der Waals surface area contributed by atoms with Gasteiger partial charge in [0.1, 0.15) is 5.02 Å². The molecule has 0 aromatic heterocycles. The Bertz CT molecular complexity index is 558. The molecule has 1 aromatic rings. The Morgan fingerprint density at radius 3 is 2.80 bits per heavy atom. The Kier molecular flexibility index (Phi) is 4.44. The van der Waals surface area contributed by atoms with Crippen LogP contribution in [0.3, 0.4) is 0 Å². The van der Waals surface area contributed by atoms with E-state index in [2.05, 4.69) is 4.74 Å². The molecule has 0 saturated carbocycles. The third-order valence-corrected chi connectivity index (χ3v) is 2.96. The third-order valence-electron chi connectivity index (χ3n) is 2.63. The van der Waals surface area contributed by atoms with Crippen molar-refractivity contribution in [3.8, 4) is 11.5 Å². The molecule has 0 bridgehead atoms. The average molecular weight is 303 g/mol. The third kappa shape index (κ3) is 2.70. The van der Waals surface area contributed by atoms with Gasteiger partial charge in [-0.3, -0.25) is 4.79 Å². The van der Waals surface area contributed by atoms with Gasteiger partial charge in [-0.05, 0) is 13.0 Å². The molecule has 5 nitrogen and oxygen atoms in total. The summed E-state index contributed by atoms with van der Waals surface area (Å²) in [6, 6.07) is 1.11. The monoisotopic (exact) mass is 302 g/mol. The Hall–Kier alpha value is -1.82. The maximum Gasteiger partial charge on any atom is 0.379 e. The summed E-state index contributed by atoms with van der Waals surface area (Å²) in [5.41, 5.74) is -0.488. The van der Waals surface area contributed by atoms with Gasteiger partial charge in [-0.1, -0.05) is 11.6 Å². The molecule has 20 heavy (non-hydrogen) atoms. The SMILES string of the molecule is CCOC(=O)C(=O)c1cc2c(c(Cl)c1F)OCCCO2. The number of hydrogen-bond donors (Lipinski definition) is 0. The number of fused-ring (bicyclic) bond motifs is 1. The molecule has 0 spiro atoms. The van der Waals surface area contributed by atoms with Crippen LogP contribution in [0.1, 0.15) is 23.7 Å². The van der Waals surface area contributed by atoms with Crippen LogP contribution in [0.4, 0.5) is 4.39 Å². The Morgan fingerprint density at radius 1 is 1.40 bits per heavy atom. The highest BCUT2D eigenvalue weighted by molar-refractivity contribution is 6.41. The van der Waals surface area contributed by atoms with Crippen LogP contribution in [0.2, 0.25) is 5.02 Å². The molecule has 0 fully saturated rings. The standard InChI is InChI=1S/C13H12ClFO5/c1-2-18-13(17)11(16)7-6-8-12(9(14)10(7)15)20-5-3-4-19-8/h6H,2-5H2,1H3. The summed E-state index contributed by atoms with van der Waals surface area (Å²) in [4.78, 5) is 23.2. The van der Waals surface area contributed by atoms with Gasteiger partial charge in [0, 0.05) is 6.42 Å². The Balaban J connectivity index is 2.45. The number of ketones is 1. The van der Waals surface area contributed by atoms with Gasteiger partial charge < -0.3 is 14.2 Å². The van der Waals surface area contributed by atoms with Crippen LogP contribution in [0.5, 0.6) is 11.5 Å². The van der Waals surface area contributed by atoms with Gasteiger partial charge in [-0.25, -0.2) is 9.18 Å². The normalized spacial score (nSPS) is 13.6. The van der Waals surface area contributed by atoms with E-state index in [9.17, 15) is 14.0 Å². The van der Waals surface area contributed by atoms with Crippen molar-refractivity contribution in [2.24, 2.45) is 0 Å². The maximum absolute atomic E-state index is 14.1. The molecule has 0 N–H and O–H groups in total. The first-order chi connectivity index (χ1) is 9.56. The fourth-order valence-corrected chi connectivity index (χ4v) is 1.96. The van der Waals surface area contributed by atoms with E-state index in [-0.39, 0.29) is 23.1 Å². The van der Waals surface area contributed by atoms with Gasteiger partial charge in [0.05, 0.1) is 25.4 Å². The predicted molar refractivity (Wildman–Crippen MR) is 68.0 cm³/mol. The van der Waals surface area contributed by atoms with Crippen molar-refractivity contribution in [1.29, 1.82) is 0 Å². The molecule has 108 valence electrons. The van der Waals surface area contributed by atoms with E-state index in [1.807, 2.05) is 0 Å². The second kappa shape index (κ2) is 6.09. The number of Topliss-reactive ketones (excluding diaryl/α,β-unsaturated/α-hetero) is 1. The fourth-order valence-electron chi connectivity index (χ4n) is 1.71. The Labute approximate surface area is 119 Å². The molecule has 1 aliphatic heterocycles. The topological polar surface area (TPSA) is 61.8 Å². The quantitative estimate of drug-likeness (QED) is 0.487. The lowest BCUT2D eigenvalue weighted by molar-refractivity contribution is -0.137. The summed E-state index contributed by atoms with van der Waals surface area (Å²) in [6.45, 7) is 2.24. The molecule has 1 heterocycles. The fraction of sp³-hybridized carbons (Fsp3) is 0.385. The molecular weight excluding hydrogens is 291 g/mol. The van der Waals surface area contributed by atoms with Gasteiger partial charge in [0.2, 0.25) is 0 Å². The van der Waals surface area contributed by atoms with Crippen molar-refractivity contribution in [2.75, 3.05) is 19.8 Å². The number of hydrogen-bond acceptors (Lipinski definition) is 5. The summed E-state index contributed by atoms with van der Waals surface area (Å²) in [7, 11) is 0. The Morgan fingerprint density at radius 2 is 2.10 bits per heavy atom. The highest BCUT2D eigenvalue weighted by atomic mass is 35.5. The van der Waals surface area contributed by atoms with Gasteiger partial charge in [0.25, 0.3) is 5.78 Å². The second-order valence-corrected chi connectivity index (χ2v) is 4.36. The molecule has 0 radical (unpaired) electrons. The smallest absolute Gasteiger partial charge is 0.379 e. The number of esters is 1. The minimum absolute atomic E-state index is 0.0183. The minimum atomic E-state index is -1.14. The summed E-state index contributed by atoms with van der Waals surface area (Å²) in [6.07, 6.45) is 0.605. The first-order valence-electron chi connectivity index (χ1n) is 6.05. The first-order valence-corrected chi connectivity index (χ1v) is 6.43. The summed E-state index contributed by atoms with van der Waals surface area (Å²) < 4.78 is 29.2. The van der Waals surface area contributed by atoms with Crippen molar-refractivity contribution >= 4 is 23.4 Å². The summed E-state index contributed by atoms with van der Waals surface area (Å²) in [5.74, 6) is -3.09. The van der Waals surface area contributed by atoms with Crippen LogP contribution in [-0.4, -0.2) is 31.6 Å². The molecule has 0 saturated heterocycles. The van der Waals surface area contributed by atoms with E-state index < -0.39 is 23.1 Å². The molecule has 0 amide bonds. The predicted octanol–water partition coefficient (Wildman–Crippen LogP) is 2.39. The summed E-state index contributed by atoms with van der Waals surface area (Å²) >= 11 is 5.83. The van der Waals surface area contributed by atoms with E-state index in [1.54, 1.807) is 6.92 Å². The molecule has 7 heteroatoms. The number of benzene rings is 1. The van der Waals surface area contributed by atoms with E-state index in [1.165, 1.54) is 0 Å². The lowest BCUT2D eigenvalue weighted by Crippen LogP contribution is -2.19. The highest BCUT2D eigenvalue weighted by Crippen LogP contribution is 2.40. The number of ether oxygens (including phenoxy) is 3. The molecule has 1 aromatic carbocycles. The largest absolute Gasteiger partial charge is 0.489 e. The van der Waals surface area contributed by atoms with E-state index in [0.717, 1.165) is 6.07 Å². The van der Waals surface area contributed by atoms with Gasteiger partial charge in [-0.15, -0.1) is 0 Å². The lowest BCUT2D eigenvalue weighted by atomic mass is 10.1. The average Bonchev–Trinajstić information content (AvgIpc) is 2.67. The molecular formula is C13H12ClFO5. The van der Waals surface area contributed by atoms with Gasteiger partial charge >= 0.3 is 5.97 Å². The maximum atomic E-state index is 14.1. The molecule has 0 aliphatic carbocycles. The van der Waals surface area contributed by atoms with Crippen LogP contribution >= 0.6 is 11.6 Å². The van der Waals surface area contributed by atoms with Crippen LogP contribution < -0.4 is 9.47 Å². The zero-order valence-electron chi connectivity index (χ0n) is 10.7. The van der Waals surface area contributed by atoms with E-state index >= 15 is 0 Å². The summed E-state index contributed by atoms with van der Waals surface area (Å²) in [5, 5.41) is -0.378. The number of halogens is 2. The van der Waals surface area contributed by atoms with Crippen molar-refractivity contribution in [3.05, 3.63) is 22.5 Å². The van der Waals surface area contributed by atoms with Crippen LogP contribution in [0.15, 0.2) is 6.07 Å². The zero-order chi connectivity index (χ0) is 14.7. The molecule has 1 aliphatic rings. The molecule has 2 rings (SSSR count). The van der Waals surface area contributed by atoms with Crippen molar-refractivity contribution in [1.82, 2.24) is 0 Å². The van der Waals surface area contributed by atoms with Crippen molar-refractivity contribution in [3.63, 3.8) is 0 Å². The second-order valence-electron chi connectivity index (χ2n) is 3.98. The zero-order valence-corrected chi connectivity index (χ0v) is 11.5. The number of carbonyl (C=O) groups is 2. The first kappa shape index (κ1) is 14.6. The van der Waals surface area contributed by atoms with E-state index in [0.29, 0.717) is 19.6 Å². The number of rotatable bonds is 3. The van der Waals surface area contributed by atoms with E-state index in [4.69, 9.17) is 21.1 Å². The van der Waals surface area contributed by atoms with Crippen molar-refractivity contribution < 1.29 is 28.2 Å². The van der Waals surface area contributed by atoms with Crippen LogP contribution in [0.25, 0.3) is 0 Å². The highest BCUT2D eigenvalue weighted by Gasteiger charge is 2.28. The van der Waals surface area contributed by atoms with Gasteiger partial charge in [0.15, 0.2) is 17.3 Å². The molecule has 0 atom stereocenters. The minimum Gasteiger partial charge on any atom is -0.489 e. The molecule has 0 unspecified atom stereocenters. The lowest BCUT2D eigenvalue weighted by Gasteiger charge is -2.12. The van der Waals surface area contributed by atoms with Crippen LogP contribution in [-0.2, 0) is 9.53 Å². The van der Waals surface area contributed by atoms with Crippen LogP contribution in [0, 0.1) is 5.82 Å².